The number of carbonyl (C=O) groups excluding carboxylic acids is 2. The predicted molar refractivity (Wildman–Crippen MR) is 112 cm³/mol. The van der Waals surface area contributed by atoms with Crippen LogP contribution >= 0.6 is 0 Å². The van der Waals surface area contributed by atoms with Crippen molar-refractivity contribution in [3.8, 4) is 0 Å². The van der Waals surface area contributed by atoms with Gasteiger partial charge in [0.2, 0.25) is 5.91 Å². The second-order valence-electron chi connectivity index (χ2n) is 8.00. The summed E-state index contributed by atoms with van der Waals surface area (Å²) in [5.41, 5.74) is 3.89. The summed E-state index contributed by atoms with van der Waals surface area (Å²) in [6.07, 6.45) is 0.969. The SMILES string of the molecule is Cc1cccc(N2CCN(C(=O)c3ccc(NC(=O)C4CC4C)cc3)CC2)c1. The molecule has 4 rings (SSSR count). The van der Waals surface area contributed by atoms with Gasteiger partial charge < -0.3 is 15.1 Å². The molecule has 1 N–H and O–H groups in total. The van der Waals surface area contributed by atoms with Crippen molar-refractivity contribution in [1.82, 2.24) is 4.90 Å². The third kappa shape index (κ3) is 4.03. The zero-order chi connectivity index (χ0) is 19.7. The second-order valence-corrected chi connectivity index (χ2v) is 8.00. The number of carbonyl (C=O) groups is 2. The largest absolute Gasteiger partial charge is 0.368 e. The van der Waals surface area contributed by atoms with Crippen LogP contribution in [0.15, 0.2) is 48.5 Å². The van der Waals surface area contributed by atoms with Gasteiger partial charge in [0.15, 0.2) is 0 Å². The smallest absolute Gasteiger partial charge is 0.253 e. The molecular weight excluding hydrogens is 350 g/mol. The molecule has 28 heavy (non-hydrogen) atoms. The number of aryl methyl sites for hydroxylation is 1. The summed E-state index contributed by atoms with van der Waals surface area (Å²) in [7, 11) is 0. The van der Waals surface area contributed by atoms with Gasteiger partial charge in [-0.25, -0.2) is 0 Å². The highest BCUT2D eigenvalue weighted by Gasteiger charge is 2.39. The van der Waals surface area contributed by atoms with Crippen LogP contribution in [-0.4, -0.2) is 42.9 Å². The minimum atomic E-state index is 0.0533. The molecule has 2 unspecified atom stereocenters. The minimum Gasteiger partial charge on any atom is -0.368 e. The summed E-state index contributed by atoms with van der Waals surface area (Å²) in [5, 5.41) is 2.94. The van der Waals surface area contributed by atoms with Crippen LogP contribution in [0.1, 0.15) is 29.3 Å². The Hall–Kier alpha value is -2.82. The summed E-state index contributed by atoms with van der Waals surface area (Å²) >= 11 is 0. The maximum absolute atomic E-state index is 12.8. The molecule has 1 saturated carbocycles. The van der Waals surface area contributed by atoms with E-state index >= 15 is 0 Å². The summed E-state index contributed by atoms with van der Waals surface area (Å²) in [6.45, 7) is 7.28. The van der Waals surface area contributed by atoms with Crippen molar-refractivity contribution >= 4 is 23.2 Å². The van der Waals surface area contributed by atoms with Gasteiger partial charge in [-0.3, -0.25) is 9.59 Å². The quantitative estimate of drug-likeness (QED) is 0.887. The molecule has 1 heterocycles. The van der Waals surface area contributed by atoms with Gasteiger partial charge in [-0.2, -0.15) is 0 Å². The third-order valence-electron chi connectivity index (χ3n) is 5.78. The molecule has 0 spiro atoms. The van der Waals surface area contributed by atoms with E-state index in [1.807, 2.05) is 17.0 Å². The maximum Gasteiger partial charge on any atom is 0.253 e. The van der Waals surface area contributed by atoms with Crippen LogP contribution in [0.2, 0.25) is 0 Å². The van der Waals surface area contributed by atoms with E-state index in [-0.39, 0.29) is 17.7 Å². The van der Waals surface area contributed by atoms with Gasteiger partial charge >= 0.3 is 0 Å². The van der Waals surface area contributed by atoms with E-state index in [9.17, 15) is 9.59 Å². The number of nitrogens with zero attached hydrogens (tertiary/aromatic N) is 2. The summed E-state index contributed by atoms with van der Waals surface area (Å²) in [6, 6.07) is 15.7. The molecule has 2 aromatic rings. The van der Waals surface area contributed by atoms with Crippen LogP contribution in [0.4, 0.5) is 11.4 Å². The summed E-state index contributed by atoms with van der Waals surface area (Å²) < 4.78 is 0. The van der Waals surface area contributed by atoms with E-state index in [0.717, 1.165) is 25.2 Å². The van der Waals surface area contributed by atoms with E-state index in [0.29, 0.717) is 24.6 Å². The van der Waals surface area contributed by atoms with E-state index in [2.05, 4.69) is 48.3 Å². The van der Waals surface area contributed by atoms with E-state index in [1.165, 1.54) is 11.3 Å². The van der Waals surface area contributed by atoms with Crippen molar-refractivity contribution in [3.63, 3.8) is 0 Å². The second kappa shape index (κ2) is 7.66. The number of rotatable bonds is 4. The number of piperazine rings is 1. The zero-order valence-electron chi connectivity index (χ0n) is 16.5. The fourth-order valence-electron chi connectivity index (χ4n) is 3.79. The molecule has 1 saturated heterocycles. The van der Waals surface area contributed by atoms with Gasteiger partial charge in [0, 0.05) is 49.0 Å². The fourth-order valence-corrected chi connectivity index (χ4v) is 3.79. The molecule has 0 aromatic heterocycles. The highest BCUT2D eigenvalue weighted by atomic mass is 16.2. The summed E-state index contributed by atoms with van der Waals surface area (Å²) in [5.74, 6) is 0.766. The highest BCUT2D eigenvalue weighted by Crippen LogP contribution is 2.38. The van der Waals surface area contributed by atoms with Crippen LogP contribution in [0.3, 0.4) is 0 Å². The van der Waals surface area contributed by atoms with Gasteiger partial charge in [-0.15, -0.1) is 0 Å². The Labute approximate surface area is 166 Å². The fraction of sp³-hybridized carbons (Fsp3) is 0.391. The highest BCUT2D eigenvalue weighted by molar-refractivity contribution is 5.97. The molecule has 2 aromatic carbocycles. The lowest BCUT2D eigenvalue weighted by Crippen LogP contribution is -2.48. The van der Waals surface area contributed by atoms with Crippen LogP contribution in [0.25, 0.3) is 0 Å². The molecule has 1 aliphatic heterocycles. The Balaban J connectivity index is 1.33. The lowest BCUT2D eigenvalue weighted by Gasteiger charge is -2.36. The number of hydrogen-bond donors (Lipinski definition) is 1. The number of anilines is 2. The van der Waals surface area contributed by atoms with Crippen molar-refractivity contribution in [2.45, 2.75) is 20.3 Å². The normalized spacial score (nSPS) is 21.4. The summed E-state index contributed by atoms with van der Waals surface area (Å²) in [4.78, 5) is 29.1. The standard InChI is InChI=1S/C23H27N3O2/c1-16-4-3-5-20(14-16)25-10-12-26(13-11-25)23(28)18-6-8-19(9-7-18)24-22(27)21-15-17(21)2/h3-9,14,17,21H,10-13,15H2,1-2H3,(H,24,27). The number of hydrogen-bond acceptors (Lipinski definition) is 3. The van der Waals surface area contributed by atoms with Gasteiger partial charge in [-0.1, -0.05) is 19.1 Å². The first-order chi connectivity index (χ1) is 13.5. The molecule has 5 heteroatoms. The van der Waals surface area contributed by atoms with Gasteiger partial charge in [-0.05, 0) is 61.2 Å². The molecule has 0 bridgehead atoms. The van der Waals surface area contributed by atoms with E-state index < -0.39 is 0 Å². The monoisotopic (exact) mass is 377 g/mol. The predicted octanol–water partition coefficient (Wildman–Crippen LogP) is 3.55. The van der Waals surface area contributed by atoms with Crippen molar-refractivity contribution < 1.29 is 9.59 Å². The molecule has 146 valence electrons. The molecule has 2 amide bonds. The van der Waals surface area contributed by atoms with Crippen LogP contribution in [0, 0.1) is 18.8 Å². The Kier molecular flexibility index (Phi) is 5.07. The van der Waals surface area contributed by atoms with Gasteiger partial charge in [0.05, 0.1) is 0 Å². The van der Waals surface area contributed by atoms with Crippen molar-refractivity contribution in [1.29, 1.82) is 0 Å². The zero-order valence-corrected chi connectivity index (χ0v) is 16.5. The molecule has 2 aliphatic rings. The maximum atomic E-state index is 12.8. The van der Waals surface area contributed by atoms with Crippen molar-refractivity contribution in [2.75, 3.05) is 36.4 Å². The topological polar surface area (TPSA) is 52.6 Å². The molecule has 5 nitrogen and oxygen atoms in total. The van der Waals surface area contributed by atoms with E-state index in [4.69, 9.17) is 0 Å². The molecule has 2 atom stereocenters. The average molecular weight is 377 g/mol. The number of amides is 2. The third-order valence-corrected chi connectivity index (χ3v) is 5.78. The first kappa shape index (κ1) is 18.5. The first-order valence-electron chi connectivity index (χ1n) is 10.0. The average Bonchev–Trinajstić information content (AvgIpc) is 3.45. The molecule has 0 radical (unpaired) electrons. The van der Waals surface area contributed by atoms with Crippen molar-refractivity contribution in [3.05, 3.63) is 59.7 Å². The van der Waals surface area contributed by atoms with Gasteiger partial charge in [0.1, 0.15) is 0 Å². The lowest BCUT2D eigenvalue weighted by atomic mass is 10.1. The Morgan fingerprint density at radius 1 is 1.00 bits per heavy atom. The minimum absolute atomic E-state index is 0.0533. The Morgan fingerprint density at radius 2 is 1.68 bits per heavy atom. The van der Waals surface area contributed by atoms with E-state index in [1.54, 1.807) is 12.1 Å². The first-order valence-corrected chi connectivity index (χ1v) is 10.0. The Morgan fingerprint density at radius 3 is 2.29 bits per heavy atom. The van der Waals surface area contributed by atoms with Crippen LogP contribution in [0.5, 0.6) is 0 Å². The molecule has 1 aliphatic carbocycles. The van der Waals surface area contributed by atoms with Gasteiger partial charge in [0.25, 0.3) is 5.91 Å². The Bertz CT molecular complexity index is 870. The number of benzene rings is 2. The molecule has 2 fully saturated rings. The number of nitrogens with one attached hydrogen (secondary N) is 1. The lowest BCUT2D eigenvalue weighted by molar-refractivity contribution is -0.117. The molecular formula is C23H27N3O2. The van der Waals surface area contributed by atoms with Crippen LogP contribution < -0.4 is 10.2 Å². The van der Waals surface area contributed by atoms with Crippen molar-refractivity contribution in [2.24, 2.45) is 11.8 Å². The van der Waals surface area contributed by atoms with Crippen LogP contribution in [-0.2, 0) is 4.79 Å².